The molecule has 144 valence electrons. The maximum Gasteiger partial charge on any atom is 0.441 e. The lowest BCUT2D eigenvalue weighted by Gasteiger charge is -2.34. The number of hydrogen-bond acceptors (Lipinski definition) is 5. The molecule has 27 heavy (non-hydrogen) atoms. The zero-order valence-corrected chi connectivity index (χ0v) is 15.0. The number of nitrogens with zero attached hydrogens (tertiary/aromatic N) is 1. The molecule has 2 aromatic rings. The van der Waals surface area contributed by atoms with E-state index in [1.807, 2.05) is 5.32 Å². The van der Waals surface area contributed by atoms with Crippen LogP contribution in [0.5, 0.6) is 0 Å². The summed E-state index contributed by atoms with van der Waals surface area (Å²) in [5.41, 5.74) is -3.13. The van der Waals surface area contributed by atoms with Crippen molar-refractivity contribution in [2.75, 3.05) is 12.4 Å². The van der Waals surface area contributed by atoms with Gasteiger partial charge in [-0.3, -0.25) is 4.79 Å². The summed E-state index contributed by atoms with van der Waals surface area (Å²) in [7, 11) is 0.777. The molecule has 0 aliphatic rings. The van der Waals surface area contributed by atoms with E-state index in [1.54, 1.807) is 18.3 Å². The second-order valence-corrected chi connectivity index (χ2v) is 5.98. The summed E-state index contributed by atoms with van der Waals surface area (Å²) in [4.78, 5) is 28.3. The van der Waals surface area contributed by atoms with E-state index in [4.69, 9.17) is 11.6 Å². The van der Waals surface area contributed by atoms with E-state index < -0.39 is 23.7 Å². The van der Waals surface area contributed by atoms with Crippen LogP contribution in [0.15, 0.2) is 42.6 Å². The van der Waals surface area contributed by atoms with Crippen molar-refractivity contribution in [3.05, 3.63) is 58.7 Å². The molecule has 1 aromatic heterocycles. The number of nitrogens with one attached hydrogen (secondary N) is 2. The number of aromatic nitrogens is 1. The van der Waals surface area contributed by atoms with Gasteiger partial charge in [-0.2, -0.15) is 13.2 Å². The molecule has 0 saturated heterocycles. The van der Waals surface area contributed by atoms with Gasteiger partial charge in [-0.1, -0.05) is 17.7 Å². The number of aryl methyl sites for hydroxylation is 1. The average molecular weight is 402 g/mol. The lowest BCUT2D eigenvalue weighted by atomic mass is 10.1. The lowest BCUT2D eigenvalue weighted by molar-refractivity contribution is -0.203. The molecular formula is C17H15ClF3N3O3. The van der Waals surface area contributed by atoms with Gasteiger partial charge in [0.25, 0.3) is 5.91 Å². The van der Waals surface area contributed by atoms with Gasteiger partial charge in [-0.25, -0.2) is 9.78 Å². The second kappa shape index (κ2) is 7.83. The number of carbonyl (C=O) groups excluding carboxylic acids is 2. The number of methoxy groups -OCH3 is 1. The molecule has 0 radical (unpaired) electrons. The molecule has 0 saturated carbocycles. The van der Waals surface area contributed by atoms with E-state index in [-0.39, 0.29) is 16.4 Å². The van der Waals surface area contributed by atoms with Gasteiger partial charge in [-0.05, 0) is 42.8 Å². The first-order chi connectivity index (χ1) is 12.6. The van der Waals surface area contributed by atoms with Crippen molar-refractivity contribution in [2.45, 2.75) is 18.8 Å². The van der Waals surface area contributed by atoms with Crippen LogP contribution < -0.4 is 10.6 Å². The molecule has 0 spiro atoms. The van der Waals surface area contributed by atoms with E-state index in [0.29, 0.717) is 5.56 Å². The van der Waals surface area contributed by atoms with Crippen molar-refractivity contribution < 1.29 is 27.5 Å². The van der Waals surface area contributed by atoms with Crippen LogP contribution in [0.1, 0.15) is 15.9 Å². The van der Waals surface area contributed by atoms with E-state index >= 15 is 0 Å². The predicted octanol–water partition coefficient (Wildman–Crippen LogP) is 3.32. The van der Waals surface area contributed by atoms with Crippen molar-refractivity contribution in [1.82, 2.24) is 10.3 Å². The summed E-state index contributed by atoms with van der Waals surface area (Å²) < 4.78 is 46.1. The Hall–Kier alpha value is -2.81. The fourth-order valence-electron chi connectivity index (χ4n) is 2.21. The van der Waals surface area contributed by atoms with Gasteiger partial charge in [-0.15, -0.1) is 0 Å². The van der Waals surface area contributed by atoms with Crippen LogP contribution in [0.25, 0.3) is 0 Å². The molecule has 0 bridgehead atoms. The van der Waals surface area contributed by atoms with Gasteiger partial charge in [0, 0.05) is 16.8 Å². The van der Waals surface area contributed by atoms with Gasteiger partial charge in [0.05, 0.1) is 7.11 Å². The summed E-state index contributed by atoms with van der Waals surface area (Å²) in [6.45, 7) is 1.63. The Balaban J connectivity index is 2.50. The quantitative estimate of drug-likeness (QED) is 0.593. The highest BCUT2D eigenvalue weighted by atomic mass is 35.5. The monoisotopic (exact) mass is 401 g/mol. The molecule has 1 atom stereocenters. The first kappa shape index (κ1) is 20.5. The number of anilines is 1. The molecule has 0 unspecified atom stereocenters. The third-order valence-corrected chi connectivity index (χ3v) is 3.77. The molecule has 10 heteroatoms. The van der Waals surface area contributed by atoms with Crippen molar-refractivity contribution in [2.24, 2.45) is 0 Å². The van der Waals surface area contributed by atoms with E-state index in [2.05, 4.69) is 9.72 Å². The van der Waals surface area contributed by atoms with Crippen molar-refractivity contribution in [3.8, 4) is 0 Å². The van der Waals surface area contributed by atoms with E-state index in [9.17, 15) is 22.8 Å². The maximum atomic E-state index is 13.9. The van der Waals surface area contributed by atoms with Gasteiger partial charge in [0.15, 0.2) is 0 Å². The SMILES string of the molecule is COC(=O)[C@@](NC(=O)c1cccc(Cl)c1)(Nc1cc(C)ccn1)C(F)(F)F. The molecule has 1 aromatic carbocycles. The standard InChI is InChI=1S/C17H15ClF3N3O3/c1-10-6-7-22-13(8-10)23-16(15(26)27-2,17(19,20)21)24-14(25)11-4-3-5-12(18)9-11/h3-9H,1-2H3,(H,22,23)(H,24,25)/t16-/m0/s1. The van der Waals surface area contributed by atoms with Crippen LogP contribution in [0.3, 0.4) is 0 Å². The number of amides is 1. The summed E-state index contributed by atoms with van der Waals surface area (Å²) in [5.74, 6) is -3.21. The van der Waals surface area contributed by atoms with Crippen LogP contribution in [0, 0.1) is 6.92 Å². The highest BCUT2D eigenvalue weighted by Gasteiger charge is 2.63. The largest absolute Gasteiger partial charge is 0.466 e. The minimum absolute atomic E-state index is 0.145. The van der Waals surface area contributed by atoms with Crippen molar-refractivity contribution >= 4 is 29.3 Å². The first-order valence-electron chi connectivity index (χ1n) is 7.53. The molecule has 0 aliphatic carbocycles. The number of alkyl halides is 3. The van der Waals surface area contributed by atoms with E-state index in [1.165, 1.54) is 36.5 Å². The molecule has 2 rings (SSSR count). The fraction of sp³-hybridized carbons (Fsp3) is 0.235. The number of benzene rings is 1. The Morgan fingerprint density at radius 3 is 2.44 bits per heavy atom. The highest BCUT2D eigenvalue weighted by Crippen LogP contribution is 2.33. The zero-order valence-electron chi connectivity index (χ0n) is 14.2. The fourth-order valence-corrected chi connectivity index (χ4v) is 2.40. The molecule has 1 heterocycles. The third kappa shape index (κ3) is 4.48. The lowest BCUT2D eigenvalue weighted by Crippen LogP contribution is -2.69. The first-order valence-corrected chi connectivity index (χ1v) is 7.91. The number of esters is 1. The van der Waals surface area contributed by atoms with Crippen LogP contribution >= 0.6 is 11.6 Å². The van der Waals surface area contributed by atoms with Crippen molar-refractivity contribution in [1.29, 1.82) is 0 Å². The Labute approximate surface area is 157 Å². The summed E-state index contributed by atoms with van der Waals surface area (Å²) in [6, 6.07) is 8.10. The molecule has 0 aliphatic heterocycles. The Bertz CT molecular complexity index is 861. The van der Waals surface area contributed by atoms with Crippen LogP contribution in [-0.4, -0.2) is 35.8 Å². The summed E-state index contributed by atoms with van der Waals surface area (Å²) >= 11 is 5.77. The van der Waals surface area contributed by atoms with Gasteiger partial charge in [0.1, 0.15) is 5.82 Å². The molecule has 1 amide bonds. The molecule has 2 N–H and O–H groups in total. The minimum Gasteiger partial charge on any atom is -0.466 e. The van der Waals surface area contributed by atoms with Crippen LogP contribution in [0.2, 0.25) is 5.02 Å². The second-order valence-electron chi connectivity index (χ2n) is 5.55. The third-order valence-electron chi connectivity index (χ3n) is 3.54. The minimum atomic E-state index is -5.25. The average Bonchev–Trinajstić information content (AvgIpc) is 2.59. The van der Waals surface area contributed by atoms with Crippen molar-refractivity contribution in [3.63, 3.8) is 0 Å². The topological polar surface area (TPSA) is 80.3 Å². The normalized spacial score (nSPS) is 13.4. The van der Waals surface area contributed by atoms with Gasteiger partial charge < -0.3 is 15.4 Å². The molecule has 6 nitrogen and oxygen atoms in total. The number of rotatable bonds is 5. The summed E-state index contributed by atoms with van der Waals surface area (Å²) in [6.07, 6.45) is -3.99. The Kier molecular flexibility index (Phi) is 5.94. The predicted molar refractivity (Wildman–Crippen MR) is 92.3 cm³/mol. The Morgan fingerprint density at radius 1 is 1.19 bits per heavy atom. The molecular weight excluding hydrogens is 387 g/mol. The number of pyridine rings is 1. The van der Waals surface area contributed by atoms with Gasteiger partial charge >= 0.3 is 17.8 Å². The Morgan fingerprint density at radius 2 is 1.89 bits per heavy atom. The molecule has 0 fully saturated rings. The highest BCUT2D eigenvalue weighted by molar-refractivity contribution is 6.31. The number of carbonyl (C=O) groups is 2. The smallest absolute Gasteiger partial charge is 0.441 e. The van der Waals surface area contributed by atoms with Gasteiger partial charge in [0.2, 0.25) is 0 Å². The number of halogens is 4. The van der Waals surface area contributed by atoms with E-state index in [0.717, 1.165) is 7.11 Å². The number of hydrogen-bond donors (Lipinski definition) is 2. The number of ether oxygens (including phenoxy) is 1. The zero-order chi connectivity index (χ0) is 20.2. The summed E-state index contributed by atoms with van der Waals surface area (Å²) in [5, 5.41) is 3.79. The maximum absolute atomic E-state index is 13.9. The van der Waals surface area contributed by atoms with Crippen LogP contribution in [-0.2, 0) is 9.53 Å². The van der Waals surface area contributed by atoms with Crippen LogP contribution in [0.4, 0.5) is 19.0 Å².